The summed E-state index contributed by atoms with van der Waals surface area (Å²) in [5.74, 6) is -3.71. The molecule has 11 nitrogen and oxygen atoms in total. The largest absolute Gasteiger partial charge is 0.609 e. The highest BCUT2D eigenvalue weighted by Crippen LogP contribution is 2.29. The van der Waals surface area contributed by atoms with Crippen LogP contribution in [0.4, 0.5) is 11.6 Å². The minimum absolute atomic E-state index is 0.509. The highest BCUT2D eigenvalue weighted by molar-refractivity contribution is 5.38. The van der Waals surface area contributed by atoms with Crippen LogP contribution < -0.4 is 14.2 Å². The third-order valence-corrected chi connectivity index (χ3v) is 1.70. The lowest BCUT2D eigenvalue weighted by molar-refractivity contribution is -0.704. The molecule has 0 amide bonds. The molecule has 0 saturated carbocycles. The van der Waals surface area contributed by atoms with Crippen LogP contribution in [0, 0.1) is 25.4 Å². The fourth-order valence-corrected chi connectivity index (χ4v) is 1.04. The van der Waals surface area contributed by atoms with Crippen molar-refractivity contribution in [2.45, 2.75) is 0 Å². The minimum Gasteiger partial charge on any atom is -0.609 e. The molecule has 0 fully saturated rings. The first-order valence-corrected chi connectivity index (χ1v) is 3.98. The summed E-state index contributed by atoms with van der Waals surface area (Å²) in [5.41, 5.74) is 0. The van der Waals surface area contributed by atoms with Gasteiger partial charge >= 0.3 is 23.4 Å². The Balaban J connectivity index is 3.67. The number of hydrogen-bond donors (Lipinski definition) is 0. The van der Waals surface area contributed by atoms with Crippen LogP contribution in [0.15, 0.2) is 0 Å². The maximum Gasteiger partial charge on any atom is 0.581 e. The Labute approximate surface area is 93.1 Å². The molecular formula is C6H6N4O7. The van der Waals surface area contributed by atoms with Crippen LogP contribution in [0.1, 0.15) is 0 Å². The zero-order valence-electron chi connectivity index (χ0n) is 8.65. The van der Waals surface area contributed by atoms with Gasteiger partial charge in [-0.05, 0) is 4.73 Å². The van der Waals surface area contributed by atoms with Crippen molar-refractivity contribution in [3.8, 4) is 11.8 Å². The number of methoxy groups -OCH3 is 2. The Bertz CT molecular complexity index is 447. The maximum atomic E-state index is 11.4. The molecule has 17 heavy (non-hydrogen) atoms. The van der Waals surface area contributed by atoms with Crippen molar-refractivity contribution < 1.29 is 24.1 Å². The SMILES string of the molecule is COc1nc(OC)c([N+](=O)[O-])[n+]([O-])c1[N+](=O)[O-]. The van der Waals surface area contributed by atoms with Gasteiger partial charge in [-0.15, -0.1) is 0 Å². The predicted molar refractivity (Wildman–Crippen MR) is 49.6 cm³/mol. The highest BCUT2D eigenvalue weighted by Gasteiger charge is 2.41. The van der Waals surface area contributed by atoms with E-state index in [1.54, 1.807) is 0 Å². The number of ether oxygens (including phenoxy) is 2. The zero-order chi connectivity index (χ0) is 13.2. The van der Waals surface area contributed by atoms with E-state index in [0.717, 1.165) is 14.2 Å². The van der Waals surface area contributed by atoms with Crippen molar-refractivity contribution in [2.75, 3.05) is 14.2 Å². The summed E-state index contributed by atoms with van der Waals surface area (Å²) in [6.07, 6.45) is 0. The predicted octanol–water partition coefficient (Wildman–Crippen LogP) is -0.451. The van der Waals surface area contributed by atoms with Gasteiger partial charge in [0, 0.05) is 0 Å². The van der Waals surface area contributed by atoms with Crippen molar-refractivity contribution in [3.63, 3.8) is 0 Å². The summed E-state index contributed by atoms with van der Waals surface area (Å²) >= 11 is 0. The van der Waals surface area contributed by atoms with Crippen molar-refractivity contribution >= 4 is 11.6 Å². The molecule has 1 aromatic heterocycles. The number of hydrogen-bond acceptors (Lipinski definition) is 8. The Morgan fingerprint density at radius 3 is 1.65 bits per heavy atom. The van der Waals surface area contributed by atoms with E-state index >= 15 is 0 Å². The molecule has 0 N–H and O–H groups in total. The van der Waals surface area contributed by atoms with Gasteiger partial charge in [-0.2, -0.15) is 4.98 Å². The van der Waals surface area contributed by atoms with Crippen LogP contribution in [0.5, 0.6) is 11.8 Å². The first kappa shape index (κ1) is 12.4. The summed E-state index contributed by atoms with van der Waals surface area (Å²) in [6, 6.07) is 0. The Morgan fingerprint density at radius 2 is 1.41 bits per heavy atom. The van der Waals surface area contributed by atoms with Gasteiger partial charge in [-0.1, -0.05) is 0 Å². The molecule has 0 bridgehead atoms. The van der Waals surface area contributed by atoms with Crippen LogP contribution in [-0.4, -0.2) is 29.1 Å². The third kappa shape index (κ3) is 1.97. The molecule has 0 aliphatic carbocycles. The second kappa shape index (κ2) is 4.42. The van der Waals surface area contributed by atoms with E-state index in [1.165, 1.54) is 0 Å². The summed E-state index contributed by atoms with van der Waals surface area (Å²) < 4.78 is 8.47. The molecular weight excluding hydrogens is 240 g/mol. The molecule has 0 unspecified atom stereocenters. The van der Waals surface area contributed by atoms with Gasteiger partial charge in [-0.3, -0.25) is 20.2 Å². The first-order chi connectivity index (χ1) is 7.93. The second-order valence-corrected chi connectivity index (χ2v) is 2.59. The normalized spacial score (nSPS) is 9.76. The minimum atomic E-state index is -1.18. The monoisotopic (exact) mass is 246 g/mol. The molecule has 0 spiro atoms. The van der Waals surface area contributed by atoms with Crippen molar-refractivity contribution in [1.82, 2.24) is 4.98 Å². The number of rotatable bonds is 4. The molecule has 92 valence electrons. The van der Waals surface area contributed by atoms with Gasteiger partial charge in [0.25, 0.3) is 0 Å². The lowest BCUT2D eigenvalue weighted by Gasteiger charge is -2.03. The highest BCUT2D eigenvalue weighted by atomic mass is 16.7. The molecule has 0 aliphatic heterocycles. The van der Waals surface area contributed by atoms with Gasteiger partial charge in [0.2, 0.25) is 0 Å². The standard InChI is InChI=1S/C6H6N4O7/c1-16-3-5(9(12)13)8(11)6(10(14)15)4(7-3)17-2/h1-2H3. The van der Waals surface area contributed by atoms with Crippen LogP contribution in [0.25, 0.3) is 0 Å². The molecule has 0 atom stereocenters. The van der Waals surface area contributed by atoms with Crippen molar-refractivity contribution in [1.29, 1.82) is 0 Å². The van der Waals surface area contributed by atoms with E-state index in [-0.39, 0.29) is 0 Å². The molecule has 0 aliphatic rings. The molecule has 0 aromatic carbocycles. The molecule has 11 heteroatoms. The van der Waals surface area contributed by atoms with Gasteiger partial charge in [0.05, 0.1) is 14.2 Å². The van der Waals surface area contributed by atoms with E-state index in [0.29, 0.717) is 0 Å². The van der Waals surface area contributed by atoms with Crippen LogP contribution in [-0.2, 0) is 0 Å². The topological polar surface area (TPSA) is 145 Å². The van der Waals surface area contributed by atoms with E-state index < -0.39 is 38.0 Å². The van der Waals surface area contributed by atoms with E-state index in [2.05, 4.69) is 14.5 Å². The number of nitrogens with zero attached hydrogens (tertiary/aromatic N) is 4. The number of nitro groups is 2. The van der Waals surface area contributed by atoms with E-state index in [4.69, 9.17) is 0 Å². The smallest absolute Gasteiger partial charge is 0.581 e. The first-order valence-electron chi connectivity index (χ1n) is 3.98. The summed E-state index contributed by atoms with van der Waals surface area (Å²) in [5, 5.41) is 32.6. The fourth-order valence-electron chi connectivity index (χ4n) is 1.04. The average molecular weight is 246 g/mol. The van der Waals surface area contributed by atoms with Gasteiger partial charge in [0.1, 0.15) is 9.85 Å². The Morgan fingerprint density at radius 1 is 1.06 bits per heavy atom. The molecule has 1 heterocycles. The lowest BCUT2D eigenvalue weighted by atomic mass is 10.5. The van der Waals surface area contributed by atoms with Gasteiger partial charge < -0.3 is 14.7 Å². The molecule has 0 saturated heterocycles. The second-order valence-electron chi connectivity index (χ2n) is 2.59. The average Bonchev–Trinajstić information content (AvgIpc) is 2.26. The Kier molecular flexibility index (Phi) is 3.21. The van der Waals surface area contributed by atoms with Gasteiger partial charge in [0.15, 0.2) is 0 Å². The van der Waals surface area contributed by atoms with Crippen LogP contribution >= 0.6 is 0 Å². The zero-order valence-corrected chi connectivity index (χ0v) is 8.65. The molecule has 1 aromatic rings. The molecule has 1 rings (SSSR count). The van der Waals surface area contributed by atoms with Crippen LogP contribution in [0.2, 0.25) is 0 Å². The summed E-state index contributed by atoms with van der Waals surface area (Å²) in [7, 11) is 2.06. The molecule has 0 radical (unpaired) electrons. The van der Waals surface area contributed by atoms with Crippen molar-refractivity contribution in [3.05, 3.63) is 25.4 Å². The van der Waals surface area contributed by atoms with E-state index in [1.807, 2.05) is 0 Å². The van der Waals surface area contributed by atoms with Gasteiger partial charge in [-0.25, -0.2) is 0 Å². The Hall–Kier alpha value is -2.72. The fraction of sp³-hybridized carbons (Fsp3) is 0.333. The van der Waals surface area contributed by atoms with Crippen molar-refractivity contribution in [2.24, 2.45) is 0 Å². The maximum absolute atomic E-state index is 11.4. The van der Waals surface area contributed by atoms with Crippen LogP contribution in [0.3, 0.4) is 0 Å². The lowest BCUT2D eigenvalue weighted by Crippen LogP contribution is -2.35. The summed E-state index contributed by atoms with van der Waals surface area (Å²) in [6.45, 7) is 0. The number of aromatic nitrogens is 2. The quantitative estimate of drug-likeness (QED) is 0.300. The summed E-state index contributed by atoms with van der Waals surface area (Å²) in [4.78, 5) is 22.3. The third-order valence-electron chi connectivity index (χ3n) is 1.70. The van der Waals surface area contributed by atoms with E-state index in [9.17, 15) is 25.4 Å².